The van der Waals surface area contributed by atoms with Gasteiger partial charge in [0.1, 0.15) is 5.69 Å². The van der Waals surface area contributed by atoms with E-state index in [0.29, 0.717) is 6.54 Å². The lowest BCUT2D eigenvalue weighted by molar-refractivity contribution is -0.125. The van der Waals surface area contributed by atoms with Gasteiger partial charge in [-0.05, 0) is 24.5 Å². The van der Waals surface area contributed by atoms with Crippen molar-refractivity contribution in [2.75, 3.05) is 0 Å². The van der Waals surface area contributed by atoms with E-state index in [2.05, 4.69) is 10.3 Å². The molecule has 2 rings (SSSR count). The molecule has 0 atom stereocenters. The predicted molar refractivity (Wildman–Crippen MR) is 78.9 cm³/mol. The van der Waals surface area contributed by atoms with Crippen LogP contribution in [0.4, 0.5) is 0 Å². The van der Waals surface area contributed by atoms with Crippen molar-refractivity contribution < 1.29 is 14.7 Å². The normalized spacial score (nSPS) is 16.8. The fourth-order valence-electron chi connectivity index (χ4n) is 2.71. The first kappa shape index (κ1) is 15.5. The molecule has 1 heterocycles. The molecule has 0 spiro atoms. The Morgan fingerprint density at radius 1 is 1.14 bits per heavy atom. The molecule has 5 heteroatoms. The van der Waals surface area contributed by atoms with Gasteiger partial charge in [-0.2, -0.15) is 0 Å². The summed E-state index contributed by atoms with van der Waals surface area (Å²) < 4.78 is 0. The first-order chi connectivity index (χ1) is 10.2. The summed E-state index contributed by atoms with van der Waals surface area (Å²) >= 11 is 0. The average molecular weight is 290 g/mol. The Morgan fingerprint density at radius 2 is 1.81 bits per heavy atom. The summed E-state index contributed by atoms with van der Waals surface area (Å²) in [5.41, 5.74) is 0.837. The topological polar surface area (TPSA) is 79.3 Å². The number of aromatic nitrogens is 1. The van der Waals surface area contributed by atoms with E-state index < -0.39 is 5.97 Å². The van der Waals surface area contributed by atoms with E-state index in [1.807, 2.05) is 0 Å². The summed E-state index contributed by atoms with van der Waals surface area (Å²) in [7, 11) is 0. The summed E-state index contributed by atoms with van der Waals surface area (Å²) in [6.45, 7) is 0.405. The molecule has 21 heavy (non-hydrogen) atoms. The van der Waals surface area contributed by atoms with Crippen molar-refractivity contribution in [1.29, 1.82) is 0 Å². The van der Waals surface area contributed by atoms with Crippen LogP contribution < -0.4 is 5.32 Å². The van der Waals surface area contributed by atoms with Crippen molar-refractivity contribution in [3.63, 3.8) is 0 Å². The second-order valence-electron chi connectivity index (χ2n) is 5.62. The zero-order valence-electron chi connectivity index (χ0n) is 12.2. The molecule has 1 aromatic rings. The fraction of sp³-hybridized carbons (Fsp3) is 0.562. The molecule has 1 fully saturated rings. The largest absolute Gasteiger partial charge is 0.477 e. The van der Waals surface area contributed by atoms with Crippen molar-refractivity contribution in [3.8, 4) is 0 Å². The van der Waals surface area contributed by atoms with Crippen LogP contribution in [0.2, 0.25) is 0 Å². The predicted octanol–water partition coefficient (Wildman–Crippen LogP) is 2.76. The van der Waals surface area contributed by atoms with Gasteiger partial charge in [-0.15, -0.1) is 0 Å². The van der Waals surface area contributed by atoms with E-state index in [4.69, 9.17) is 5.11 Å². The van der Waals surface area contributed by atoms with Gasteiger partial charge in [0.2, 0.25) is 5.91 Å². The molecule has 1 aromatic heterocycles. The Morgan fingerprint density at radius 3 is 2.38 bits per heavy atom. The van der Waals surface area contributed by atoms with Crippen LogP contribution in [0.1, 0.15) is 61.0 Å². The maximum atomic E-state index is 12.2. The maximum Gasteiger partial charge on any atom is 0.354 e. The Kier molecular flexibility index (Phi) is 5.72. The fourth-order valence-corrected chi connectivity index (χ4v) is 2.71. The first-order valence-corrected chi connectivity index (χ1v) is 7.63. The highest BCUT2D eigenvalue weighted by Crippen LogP contribution is 2.22. The zero-order chi connectivity index (χ0) is 15.1. The summed E-state index contributed by atoms with van der Waals surface area (Å²) in [6.07, 6.45) is 9.45. The molecule has 5 nitrogen and oxygen atoms in total. The Labute approximate surface area is 124 Å². The number of carbonyl (C=O) groups is 2. The SMILES string of the molecule is O=C(O)c1ccc(CNC(=O)C2CCCCCCC2)cn1. The Balaban J connectivity index is 1.83. The lowest BCUT2D eigenvalue weighted by atomic mass is 9.90. The van der Waals surface area contributed by atoms with E-state index >= 15 is 0 Å². The first-order valence-electron chi connectivity index (χ1n) is 7.63. The number of carbonyl (C=O) groups excluding carboxylic acids is 1. The molecule has 0 aromatic carbocycles. The number of hydrogen-bond donors (Lipinski definition) is 2. The van der Waals surface area contributed by atoms with E-state index in [9.17, 15) is 9.59 Å². The number of rotatable bonds is 4. The van der Waals surface area contributed by atoms with Crippen molar-refractivity contribution in [3.05, 3.63) is 29.6 Å². The highest BCUT2D eigenvalue weighted by atomic mass is 16.4. The van der Waals surface area contributed by atoms with Gasteiger partial charge >= 0.3 is 5.97 Å². The standard InChI is InChI=1S/C16H22N2O3/c19-15(13-6-4-2-1-3-5-7-13)18-11-12-8-9-14(16(20)21)17-10-12/h8-10,13H,1-7,11H2,(H,18,19)(H,20,21). The van der Waals surface area contributed by atoms with E-state index in [-0.39, 0.29) is 17.5 Å². The molecule has 1 aliphatic rings. The second kappa shape index (κ2) is 7.76. The molecule has 1 aliphatic carbocycles. The number of nitrogens with one attached hydrogen (secondary N) is 1. The van der Waals surface area contributed by atoms with Crippen LogP contribution in [-0.4, -0.2) is 22.0 Å². The quantitative estimate of drug-likeness (QED) is 0.893. The summed E-state index contributed by atoms with van der Waals surface area (Å²) in [6, 6.07) is 3.15. The Hall–Kier alpha value is -1.91. The summed E-state index contributed by atoms with van der Waals surface area (Å²) in [5, 5.41) is 11.7. The third-order valence-corrected chi connectivity index (χ3v) is 3.99. The Bertz CT molecular complexity index is 477. The van der Waals surface area contributed by atoms with Crippen molar-refractivity contribution in [2.24, 2.45) is 5.92 Å². The van der Waals surface area contributed by atoms with Gasteiger partial charge in [-0.1, -0.05) is 38.2 Å². The van der Waals surface area contributed by atoms with Crippen LogP contribution >= 0.6 is 0 Å². The summed E-state index contributed by atoms with van der Waals surface area (Å²) in [4.78, 5) is 26.7. The van der Waals surface area contributed by atoms with Gasteiger partial charge < -0.3 is 10.4 Å². The molecule has 0 aliphatic heterocycles. The molecular formula is C16H22N2O3. The number of pyridine rings is 1. The minimum Gasteiger partial charge on any atom is -0.477 e. The van der Waals surface area contributed by atoms with Crippen LogP contribution in [-0.2, 0) is 11.3 Å². The lowest BCUT2D eigenvalue weighted by Crippen LogP contribution is -2.30. The molecule has 0 unspecified atom stereocenters. The third kappa shape index (κ3) is 4.85. The molecule has 1 saturated carbocycles. The maximum absolute atomic E-state index is 12.2. The van der Waals surface area contributed by atoms with Gasteiger partial charge in [0.05, 0.1) is 0 Å². The molecule has 114 valence electrons. The average Bonchev–Trinajstić information content (AvgIpc) is 2.45. The molecule has 2 N–H and O–H groups in total. The van der Waals surface area contributed by atoms with E-state index in [1.165, 1.54) is 31.5 Å². The van der Waals surface area contributed by atoms with E-state index in [1.54, 1.807) is 6.07 Å². The minimum atomic E-state index is -1.04. The van der Waals surface area contributed by atoms with E-state index in [0.717, 1.165) is 31.2 Å². The van der Waals surface area contributed by atoms with Gasteiger partial charge in [-0.3, -0.25) is 4.79 Å². The van der Waals surface area contributed by atoms with Crippen LogP contribution in [0, 0.1) is 5.92 Å². The monoisotopic (exact) mass is 290 g/mol. The summed E-state index contributed by atoms with van der Waals surface area (Å²) in [5.74, 6) is -0.809. The molecule has 0 radical (unpaired) electrons. The molecule has 0 bridgehead atoms. The zero-order valence-corrected chi connectivity index (χ0v) is 12.2. The molecular weight excluding hydrogens is 268 g/mol. The van der Waals surface area contributed by atoms with Crippen LogP contribution in [0.25, 0.3) is 0 Å². The van der Waals surface area contributed by atoms with Crippen LogP contribution in [0.5, 0.6) is 0 Å². The van der Waals surface area contributed by atoms with Gasteiger partial charge in [0, 0.05) is 18.7 Å². The number of nitrogens with zero attached hydrogens (tertiary/aromatic N) is 1. The highest BCUT2D eigenvalue weighted by Gasteiger charge is 2.18. The number of carboxylic acid groups (broad SMARTS) is 1. The number of amides is 1. The van der Waals surface area contributed by atoms with Crippen molar-refractivity contribution >= 4 is 11.9 Å². The minimum absolute atomic E-state index is 0.0186. The van der Waals surface area contributed by atoms with Gasteiger partial charge in [0.25, 0.3) is 0 Å². The molecule has 0 saturated heterocycles. The van der Waals surface area contributed by atoms with Gasteiger partial charge in [-0.25, -0.2) is 9.78 Å². The number of aromatic carboxylic acids is 1. The third-order valence-electron chi connectivity index (χ3n) is 3.99. The van der Waals surface area contributed by atoms with Gasteiger partial charge in [0.15, 0.2) is 0 Å². The second-order valence-corrected chi connectivity index (χ2v) is 5.62. The van der Waals surface area contributed by atoms with Crippen LogP contribution in [0.15, 0.2) is 18.3 Å². The lowest BCUT2D eigenvalue weighted by Gasteiger charge is -2.19. The van der Waals surface area contributed by atoms with Crippen molar-refractivity contribution in [1.82, 2.24) is 10.3 Å². The molecule has 1 amide bonds. The highest BCUT2D eigenvalue weighted by molar-refractivity contribution is 5.85. The number of carboxylic acids is 1. The number of hydrogen-bond acceptors (Lipinski definition) is 3. The van der Waals surface area contributed by atoms with Crippen molar-refractivity contribution in [2.45, 2.75) is 51.5 Å². The van der Waals surface area contributed by atoms with Crippen LogP contribution in [0.3, 0.4) is 0 Å². The smallest absolute Gasteiger partial charge is 0.354 e.